The third kappa shape index (κ3) is 2.12. The van der Waals surface area contributed by atoms with Crippen LogP contribution in [0.25, 0.3) is 0 Å². The van der Waals surface area contributed by atoms with Gasteiger partial charge in [0.15, 0.2) is 0 Å². The Morgan fingerprint density at radius 2 is 1.07 bits per heavy atom. The molecule has 14 heavy (non-hydrogen) atoms. The first-order valence-corrected chi connectivity index (χ1v) is 5.83. The van der Waals surface area contributed by atoms with Crippen LogP contribution in [-0.2, 0) is 0 Å². The quantitative estimate of drug-likeness (QED) is 0.671. The molecular weight excluding hydrogens is 172 g/mol. The summed E-state index contributed by atoms with van der Waals surface area (Å²) in [4.78, 5) is 5.19. The van der Waals surface area contributed by atoms with Gasteiger partial charge in [-0.1, -0.05) is 13.8 Å². The molecule has 0 radical (unpaired) electrons. The standard InChI is InChI=1S/C12H26N2/c1-7-13-9-12(5,6)14(8-2)10-11(13,3)4/h7-10H2,1-6H3. The van der Waals surface area contributed by atoms with E-state index in [0.29, 0.717) is 11.1 Å². The molecule has 1 aliphatic heterocycles. The molecule has 0 bridgehead atoms. The summed E-state index contributed by atoms with van der Waals surface area (Å²) in [5.74, 6) is 0. The molecule has 2 heteroatoms. The van der Waals surface area contributed by atoms with Crippen LogP contribution < -0.4 is 0 Å². The van der Waals surface area contributed by atoms with E-state index >= 15 is 0 Å². The molecule has 0 aliphatic carbocycles. The first kappa shape index (κ1) is 12.0. The minimum atomic E-state index is 0.334. The van der Waals surface area contributed by atoms with Crippen molar-refractivity contribution in [2.75, 3.05) is 26.2 Å². The monoisotopic (exact) mass is 198 g/mol. The van der Waals surface area contributed by atoms with Crippen molar-refractivity contribution in [3.8, 4) is 0 Å². The van der Waals surface area contributed by atoms with Gasteiger partial charge in [0.25, 0.3) is 0 Å². The van der Waals surface area contributed by atoms with E-state index in [2.05, 4.69) is 51.3 Å². The number of hydrogen-bond donors (Lipinski definition) is 0. The molecule has 1 heterocycles. The summed E-state index contributed by atoms with van der Waals surface area (Å²) in [5, 5.41) is 0. The summed E-state index contributed by atoms with van der Waals surface area (Å²) < 4.78 is 0. The van der Waals surface area contributed by atoms with Crippen LogP contribution in [0.2, 0.25) is 0 Å². The maximum Gasteiger partial charge on any atom is 0.0281 e. The number of rotatable bonds is 2. The Kier molecular flexibility index (Phi) is 3.27. The average molecular weight is 198 g/mol. The lowest BCUT2D eigenvalue weighted by molar-refractivity contribution is -0.0503. The van der Waals surface area contributed by atoms with Crippen molar-refractivity contribution in [3.63, 3.8) is 0 Å². The molecular formula is C12H26N2. The first-order chi connectivity index (χ1) is 6.33. The van der Waals surface area contributed by atoms with Gasteiger partial charge in [-0.2, -0.15) is 0 Å². The molecule has 1 aliphatic rings. The van der Waals surface area contributed by atoms with Crippen LogP contribution in [0.1, 0.15) is 41.5 Å². The predicted molar refractivity (Wildman–Crippen MR) is 62.7 cm³/mol. The summed E-state index contributed by atoms with van der Waals surface area (Å²) >= 11 is 0. The van der Waals surface area contributed by atoms with Crippen LogP contribution >= 0.6 is 0 Å². The van der Waals surface area contributed by atoms with Crippen LogP contribution in [0.15, 0.2) is 0 Å². The molecule has 0 N–H and O–H groups in total. The van der Waals surface area contributed by atoms with Crippen LogP contribution in [0.4, 0.5) is 0 Å². The Hall–Kier alpha value is -0.0800. The summed E-state index contributed by atoms with van der Waals surface area (Å²) in [6, 6.07) is 0. The molecule has 1 saturated heterocycles. The predicted octanol–water partition coefficient (Wildman–Crippen LogP) is 2.20. The van der Waals surface area contributed by atoms with Gasteiger partial charge in [-0.05, 0) is 40.8 Å². The molecule has 1 rings (SSSR count). The van der Waals surface area contributed by atoms with E-state index in [1.165, 1.54) is 13.1 Å². The summed E-state index contributed by atoms with van der Waals surface area (Å²) in [6.07, 6.45) is 0. The van der Waals surface area contributed by atoms with E-state index in [1.54, 1.807) is 0 Å². The van der Waals surface area contributed by atoms with Gasteiger partial charge in [0.1, 0.15) is 0 Å². The number of piperazine rings is 1. The van der Waals surface area contributed by atoms with Crippen molar-refractivity contribution in [1.82, 2.24) is 9.80 Å². The number of nitrogens with zero attached hydrogens (tertiary/aromatic N) is 2. The second kappa shape index (κ2) is 3.82. The summed E-state index contributed by atoms with van der Waals surface area (Å²) in [6.45, 7) is 18.6. The molecule has 0 aromatic heterocycles. The highest BCUT2D eigenvalue weighted by molar-refractivity contribution is 4.98. The molecule has 0 aromatic carbocycles. The molecule has 1 fully saturated rings. The molecule has 2 nitrogen and oxygen atoms in total. The number of likely N-dealkylation sites (N-methyl/N-ethyl adjacent to an activating group) is 2. The minimum Gasteiger partial charge on any atom is -0.295 e. The molecule has 0 aromatic rings. The first-order valence-electron chi connectivity index (χ1n) is 5.83. The highest BCUT2D eigenvalue weighted by Crippen LogP contribution is 2.29. The van der Waals surface area contributed by atoms with Gasteiger partial charge in [0.2, 0.25) is 0 Å². The Balaban J connectivity index is 2.81. The largest absolute Gasteiger partial charge is 0.295 e. The van der Waals surface area contributed by atoms with Gasteiger partial charge in [-0.15, -0.1) is 0 Å². The van der Waals surface area contributed by atoms with Crippen molar-refractivity contribution in [2.45, 2.75) is 52.6 Å². The van der Waals surface area contributed by atoms with Crippen LogP contribution in [0.5, 0.6) is 0 Å². The second-order valence-corrected chi connectivity index (χ2v) is 5.65. The van der Waals surface area contributed by atoms with Gasteiger partial charge < -0.3 is 0 Å². The lowest BCUT2D eigenvalue weighted by atomic mass is 9.89. The highest BCUT2D eigenvalue weighted by Gasteiger charge is 2.41. The van der Waals surface area contributed by atoms with Gasteiger partial charge in [-0.25, -0.2) is 0 Å². The molecule has 0 spiro atoms. The number of hydrogen-bond acceptors (Lipinski definition) is 2. The average Bonchev–Trinajstić information content (AvgIpc) is 2.08. The fourth-order valence-electron chi connectivity index (χ4n) is 2.64. The van der Waals surface area contributed by atoms with E-state index in [-0.39, 0.29) is 0 Å². The Morgan fingerprint density at radius 1 is 0.786 bits per heavy atom. The smallest absolute Gasteiger partial charge is 0.0281 e. The zero-order valence-electron chi connectivity index (χ0n) is 10.7. The SMILES string of the molecule is CCN1CC(C)(C)N(CC)CC1(C)C. The third-order valence-electron chi connectivity index (χ3n) is 3.63. The fourth-order valence-corrected chi connectivity index (χ4v) is 2.64. The summed E-state index contributed by atoms with van der Waals surface area (Å²) in [5.41, 5.74) is 0.667. The highest BCUT2D eigenvalue weighted by atomic mass is 15.3. The van der Waals surface area contributed by atoms with Gasteiger partial charge >= 0.3 is 0 Å². The normalized spacial score (nSPS) is 27.9. The van der Waals surface area contributed by atoms with E-state index in [0.717, 1.165) is 13.1 Å². The maximum absolute atomic E-state index is 2.60. The van der Waals surface area contributed by atoms with Crippen molar-refractivity contribution in [1.29, 1.82) is 0 Å². The Labute approximate surface area is 89.3 Å². The molecule has 0 saturated carbocycles. The maximum atomic E-state index is 2.60. The van der Waals surface area contributed by atoms with Crippen LogP contribution in [-0.4, -0.2) is 47.1 Å². The molecule has 0 unspecified atom stereocenters. The Morgan fingerprint density at radius 3 is 1.29 bits per heavy atom. The van der Waals surface area contributed by atoms with E-state index in [4.69, 9.17) is 0 Å². The summed E-state index contributed by atoms with van der Waals surface area (Å²) in [7, 11) is 0. The van der Waals surface area contributed by atoms with E-state index < -0.39 is 0 Å². The van der Waals surface area contributed by atoms with Gasteiger partial charge in [0.05, 0.1) is 0 Å². The van der Waals surface area contributed by atoms with Crippen LogP contribution in [0.3, 0.4) is 0 Å². The Bertz CT molecular complexity index is 174. The van der Waals surface area contributed by atoms with Crippen molar-refractivity contribution in [2.24, 2.45) is 0 Å². The zero-order chi connectivity index (χ0) is 11.0. The van der Waals surface area contributed by atoms with Gasteiger partial charge in [0, 0.05) is 24.2 Å². The van der Waals surface area contributed by atoms with Gasteiger partial charge in [-0.3, -0.25) is 9.80 Å². The topological polar surface area (TPSA) is 6.48 Å². The van der Waals surface area contributed by atoms with E-state index in [1.807, 2.05) is 0 Å². The van der Waals surface area contributed by atoms with Crippen molar-refractivity contribution >= 4 is 0 Å². The lowest BCUT2D eigenvalue weighted by Crippen LogP contribution is -2.67. The van der Waals surface area contributed by atoms with Crippen molar-refractivity contribution < 1.29 is 0 Å². The minimum absolute atomic E-state index is 0.334. The third-order valence-corrected chi connectivity index (χ3v) is 3.63. The van der Waals surface area contributed by atoms with Crippen LogP contribution in [0, 0.1) is 0 Å². The second-order valence-electron chi connectivity index (χ2n) is 5.65. The van der Waals surface area contributed by atoms with Crippen molar-refractivity contribution in [3.05, 3.63) is 0 Å². The lowest BCUT2D eigenvalue weighted by Gasteiger charge is -2.55. The zero-order valence-corrected chi connectivity index (χ0v) is 10.7. The molecule has 0 atom stereocenters. The molecule has 84 valence electrons. The molecule has 0 amide bonds. The fraction of sp³-hybridized carbons (Fsp3) is 1.00. The van der Waals surface area contributed by atoms with E-state index in [9.17, 15) is 0 Å².